The number of nitrogens with two attached hydrogens (primary N) is 1. The van der Waals surface area contributed by atoms with Gasteiger partial charge in [-0.2, -0.15) is 0 Å². The summed E-state index contributed by atoms with van der Waals surface area (Å²) in [6.45, 7) is 0. The number of allylic oxidation sites excluding steroid dienone is 1. The minimum absolute atomic E-state index is 0.0345. The predicted molar refractivity (Wildman–Crippen MR) is 120 cm³/mol. The molecule has 2 atom stereocenters. The van der Waals surface area contributed by atoms with Crippen LogP contribution in [0.4, 0.5) is 4.39 Å². The summed E-state index contributed by atoms with van der Waals surface area (Å²) in [4.78, 5) is 4.89. The Morgan fingerprint density at radius 1 is 1.38 bits per heavy atom. The lowest BCUT2D eigenvalue weighted by atomic mass is 9.94. The molecule has 1 aliphatic heterocycles. The normalized spacial score (nSPS) is 17.7. The fourth-order valence-corrected chi connectivity index (χ4v) is 4.41. The number of hydrogen-bond acceptors (Lipinski definition) is 7. The molecule has 29 heavy (non-hydrogen) atoms. The number of benzene rings is 2. The molecule has 0 saturated heterocycles. The van der Waals surface area contributed by atoms with E-state index >= 15 is 0 Å². The van der Waals surface area contributed by atoms with Crippen molar-refractivity contribution in [1.29, 1.82) is 0 Å². The summed E-state index contributed by atoms with van der Waals surface area (Å²) in [7, 11) is 1.61. The number of halogens is 2. The van der Waals surface area contributed by atoms with E-state index in [9.17, 15) is 9.50 Å². The van der Waals surface area contributed by atoms with Crippen molar-refractivity contribution in [2.45, 2.75) is 16.5 Å². The van der Waals surface area contributed by atoms with Crippen molar-refractivity contribution < 1.29 is 9.50 Å². The third kappa shape index (κ3) is 5.34. The highest BCUT2D eigenvalue weighted by atomic mass is 35.5. The van der Waals surface area contributed by atoms with Crippen molar-refractivity contribution in [3.8, 4) is 0 Å². The molecule has 0 radical (unpaired) electrons. The van der Waals surface area contributed by atoms with Gasteiger partial charge in [-0.3, -0.25) is 4.99 Å². The van der Waals surface area contributed by atoms with E-state index in [0.29, 0.717) is 26.8 Å². The predicted octanol–water partition coefficient (Wildman–Crippen LogP) is 4.14. The quantitative estimate of drug-likeness (QED) is 0.375. The molecule has 0 aromatic heterocycles. The van der Waals surface area contributed by atoms with Gasteiger partial charge in [0.25, 0.3) is 0 Å². The molecule has 0 amide bonds. The summed E-state index contributed by atoms with van der Waals surface area (Å²) in [6, 6.07) is 9.73. The lowest BCUT2D eigenvalue weighted by Gasteiger charge is -2.18. The average Bonchev–Trinajstić information content (AvgIpc) is 3.24. The summed E-state index contributed by atoms with van der Waals surface area (Å²) in [5.41, 5.74) is 7.31. The van der Waals surface area contributed by atoms with Gasteiger partial charge in [0.05, 0.1) is 5.71 Å². The van der Waals surface area contributed by atoms with E-state index in [4.69, 9.17) is 17.3 Å². The molecule has 152 valence electrons. The van der Waals surface area contributed by atoms with Crippen LogP contribution in [0, 0.1) is 5.82 Å². The minimum Gasteiger partial charge on any atom is -0.405 e. The Bertz CT molecular complexity index is 959. The monoisotopic (exact) mass is 450 g/mol. The third-order valence-corrected chi connectivity index (χ3v) is 6.21. The molecular weight excluding hydrogens is 431 g/mol. The zero-order valence-corrected chi connectivity index (χ0v) is 17.9. The molecule has 0 saturated carbocycles. The summed E-state index contributed by atoms with van der Waals surface area (Å²) in [6.07, 6.45) is 3.62. The van der Waals surface area contributed by atoms with Gasteiger partial charge < -0.3 is 16.2 Å². The van der Waals surface area contributed by atoms with Gasteiger partial charge in [-0.1, -0.05) is 35.5 Å². The van der Waals surface area contributed by atoms with Crippen LogP contribution in [-0.4, -0.2) is 23.4 Å². The van der Waals surface area contributed by atoms with Gasteiger partial charge in [0.2, 0.25) is 0 Å². The summed E-state index contributed by atoms with van der Waals surface area (Å²) < 4.78 is 18.0. The maximum absolute atomic E-state index is 14.8. The minimum atomic E-state index is -1.19. The second-order valence-corrected chi connectivity index (χ2v) is 8.35. The van der Waals surface area contributed by atoms with Crippen LogP contribution in [0.2, 0.25) is 5.02 Å². The van der Waals surface area contributed by atoms with E-state index in [1.807, 2.05) is 11.6 Å². The number of hydrogen-bond donors (Lipinski definition) is 4. The van der Waals surface area contributed by atoms with Gasteiger partial charge in [-0.15, -0.1) is 0 Å². The van der Waals surface area contributed by atoms with Crippen LogP contribution in [0.1, 0.15) is 22.8 Å². The van der Waals surface area contributed by atoms with Crippen molar-refractivity contribution in [2.24, 2.45) is 10.7 Å². The summed E-state index contributed by atoms with van der Waals surface area (Å²) in [5, 5.41) is 16.4. The van der Waals surface area contributed by atoms with Crippen LogP contribution in [0.5, 0.6) is 0 Å². The Kier molecular flexibility index (Phi) is 7.63. The van der Waals surface area contributed by atoms with E-state index in [1.165, 1.54) is 24.2 Å². The molecule has 2 unspecified atom stereocenters. The van der Waals surface area contributed by atoms with Crippen LogP contribution in [0.3, 0.4) is 0 Å². The first-order valence-corrected chi connectivity index (χ1v) is 10.8. The second-order valence-electron chi connectivity index (χ2n) is 5.99. The zero-order valence-electron chi connectivity index (χ0n) is 15.5. The Balaban J connectivity index is 1.85. The average molecular weight is 451 g/mol. The molecular formula is C20H20ClFN4OS2. The molecule has 9 heteroatoms. The Labute approximate surface area is 182 Å². The second kappa shape index (κ2) is 10.2. The van der Waals surface area contributed by atoms with Crippen molar-refractivity contribution in [1.82, 2.24) is 10.0 Å². The van der Waals surface area contributed by atoms with Gasteiger partial charge in [0, 0.05) is 34.3 Å². The van der Waals surface area contributed by atoms with E-state index in [2.05, 4.69) is 15.0 Å². The molecule has 1 aliphatic rings. The number of aliphatic imine (C=N–C) groups is 1. The molecule has 5 nitrogen and oxygen atoms in total. The SMILES string of the molecule is CN=C(C=CN)c1cc(Cl)ccc1C(O)c1ccc(SNC2NC=CS2)cc1F. The third-order valence-electron chi connectivity index (χ3n) is 4.16. The van der Waals surface area contributed by atoms with Crippen LogP contribution >= 0.6 is 35.3 Å². The summed E-state index contributed by atoms with van der Waals surface area (Å²) >= 11 is 9.02. The number of thioether (sulfide) groups is 1. The first-order valence-electron chi connectivity index (χ1n) is 8.64. The van der Waals surface area contributed by atoms with Crippen LogP contribution in [0.25, 0.3) is 0 Å². The molecule has 5 N–H and O–H groups in total. The Hall–Kier alpha value is -1.97. The topological polar surface area (TPSA) is 82.7 Å². The van der Waals surface area contributed by atoms with Gasteiger partial charge in [-0.25, -0.2) is 9.11 Å². The van der Waals surface area contributed by atoms with E-state index in [1.54, 1.807) is 55.2 Å². The van der Waals surface area contributed by atoms with E-state index < -0.39 is 11.9 Å². The van der Waals surface area contributed by atoms with Gasteiger partial charge >= 0.3 is 0 Å². The highest BCUT2D eigenvalue weighted by molar-refractivity contribution is 8.04. The lowest BCUT2D eigenvalue weighted by Crippen LogP contribution is -2.28. The Morgan fingerprint density at radius 3 is 2.83 bits per heavy atom. The zero-order chi connectivity index (χ0) is 20.8. The van der Waals surface area contributed by atoms with Gasteiger partial charge in [0.1, 0.15) is 17.4 Å². The molecule has 0 spiro atoms. The highest BCUT2D eigenvalue weighted by Crippen LogP contribution is 2.31. The van der Waals surface area contributed by atoms with E-state index in [-0.39, 0.29) is 11.1 Å². The number of nitrogens with one attached hydrogen (secondary N) is 2. The molecule has 2 aromatic carbocycles. The summed E-state index contributed by atoms with van der Waals surface area (Å²) in [5.74, 6) is -0.500. The molecule has 3 rings (SSSR count). The first kappa shape index (κ1) is 21.7. The molecule has 0 fully saturated rings. The van der Waals surface area contributed by atoms with Crippen molar-refractivity contribution in [3.05, 3.63) is 87.8 Å². The van der Waals surface area contributed by atoms with Crippen LogP contribution in [0.15, 0.2) is 70.2 Å². The van der Waals surface area contributed by atoms with Gasteiger partial charge in [0.15, 0.2) is 0 Å². The number of aliphatic hydroxyl groups is 1. The fraction of sp³-hybridized carbons (Fsp3) is 0.150. The fourth-order valence-electron chi connectivity index (χ4n) is 2.79. The van der Waals surface area contributed by atoms with Gasteiger partial charge in [-0.05, 0) is 59.5 Å². The number of rotatable bonds is 7. The van der Waals surface area contributed by atoms with E-state index in [0.717, 1.165) is 0 Å². The Morgan fingerprint density at radius 2 is 2.17 bits per heavy atom. The molecule has 0 aliphatic carbocycles. The number of nitrogens with zero attached hydrogens (tertiary/aromatic N) is 1. The van der Waals surface area contributed by atoms with Crippen LogP contribution < -0.4 is 15.8 Å². The molecule has 2 aromatic rings. The molecule has 0 bridgehead atoms. The van der Waals surface area contributed by atoms with Crippen molar-refractivity contribution in [3.63, 3.8) is 0 Å². The lowest BCUT2D eigenvalue weighted by molar-refractivity contribution is 0.214. The first-order chi connectivity index (χ1) is 14.0. The van der Waals surface area contributed by atoms with Crippen LogP contribution in [-0.2, 0) is 0 Å². The van der Waals surface area contributed by atoms with Crippen molar-refractivity contribution >= 4 is 41.0 Å². The highest BCUT2D eigenvalue weighted by Gasteiger charge is 2.21. The smallest absolute Gasteiger partial charge is 0.138 e. The maximum Gasteiger partial charge on any atom is 0.138 e. The van der Waals surface area contributed by atoms with Crippen molar-refractivity contribution in [2.75, 3.05) is 7.05 Å². The maximum atomic E-state index is 14.8. The molecule has 1 heterocycles. The largest absolute Gasteiger partial charge is 0.405 e. The number of aliphatic hydroxyl groups excluding tert-OH is 1. The standard InChI is InChI=1S/C20H20ClFN4OS2/c1-24-18(6-7-23)16-10-12(21)2-4-14(16)19(27)15-5-3-13(11-17(15)22)29-26-20-25-8-9-28-20/h2-11,19-20,25-27H,23H2,1H3.